The summed E-state index contributed by atoms with van der Waals surface area (Å²) in [6.45, 7) is 3.49. The van der Waals surface area contributed by atoms with Crippen molar-refractivity contribution in [2.75, 3.05) is 13.1 Å². The number of H-pyrrole nitrogens is 1. The van der Waals surface area contributed by atoms with E-state index in [4.69, 9.17) is 0 Å². The molecule has 0 unspecified atom stereocenters. The highest BCUT2D eigenvalue weighted by Gasteiger charge is 2.28. The Bertz CT molecular complexity index is 990. The summed E-state index contributed by atoms with van der Waals surface area (Å²) in [5, 5.41) is 4.75. The Hall–Kier alpha value is -2.96. The highest BCUT2D eigenvalue weighted by molar-refractivity contribution is 5.78. The number of aryl methyl sites for hydroxylation is 1. The van der Waals surface area contributed by atoms with Crippen molar-refractivity contribution in [3.63, 3.8) is 0 Å². The van der Waals surface area contributed by atoms with Crippen LogP contribution in [0.3, 0.4) is 0 Å². The van der Waals surface area contributed by atoms with E-state index in [2.05, 4.69) is 15.1 Å². The van der Waals surface area contributed by atoms with Crippen LogP contribution in [0.4, 0.5) is 0 Å². The largest absolute Gasteiger partial charge is 0.340 e. The number of carbonyl (C=O) groups excluding carboxylic acids is 1. The van der Waals surface area contributed by atoms with E-state index in [0.717, 1.165) is 17.7 Å². The lowest BCUT2D eigenvalue weighted by atomic mass is 10.0. The number of aromatic amines is 1. The van der Waals surface area contributed by atoms with Gasteiger partial charge < -0.3 is 9.88 Å². The highest BCUT2D eigenvalue weighted by atomic mass is 16.2. The van der Waals surface area contributed by atoms with Crippen LogP contribution in [-0.2, 0) is 11.3 Å². The molecule has 0 saturated carbocycles. The first kappa shape index (κ1) is 15.6. The maximum absolute atomic E-state index is 12.5. The Labute approximate surface area is 144 Å². The van der Waals surface area contributed by atoms with Crippen molar-refractivity contribution in [1.82, 2.24) is 24.6 Å². The number of carbonyl (C=O) groups is 1. The summed E-state index contributed by atoms with van der Waals surface area (Å²) >= 11 is 0. The second-order valence-electron chi connectivity index (χ2n) is 6.53. The average Bonchev–Trinajstić information content (AvgIpc) is 3.24. The normalized spacial score (nSPS) is 17.3. The second kappa shape index (κ2) is 6.16. The maximum atomic E-state index is 12.5. The number of rotatable bonds is 3. The molecule has 7 heteroatoms. The molecule has 0 radical (unpaired) electrons. The van der Waals surface area contributed by atoms with Crippen LogP contribution in [0.25, 0.3) is 10.9 Å². The Morgan fingerprint density at radius 1 is 1.44 bits per heavy atom. The number of likely N-dealkylation sites (tertiary alicyclic amines) is 1. The molecule has 128 valence electrons. The van der Waals surface area contributed by atoms with Gasteiger partial charge in [-0.1, -0.05) is 0 Å². The van der Waals surface area contributed by atoms with Crippen molar-refractivity contribution in [3.05, 3.63) is 58.4 Å². The average molecular weight is 337 g/mol. The fraction of sp³-hybridized carbons (Fsp3) is 0.333. The standard InChI is InChI=1S/C18H19N5O2/c1-12-8-20-23(9-12)11-17(24)22-6-4-13(10-22)15-7-16-14(18(25)21-15)3-2-5-19-16/h2-3,5,7-9,13H,4,6,10-11H2,1H3,(H,21,25)/t13-/m1/s1. The number of amides is 1. The van der Waals surface area contributed by atoms with Crippen LogP contribution in [0.5, 0.6) is 0 Å². The molecule has 3 aromatic rings. The summed E-state index contributed by atoms with van der Waals surface area (Å²) in [4.78, 5) is 33.8. The molecule has 7 nitrogen and oxygen atoms in total. The summed E-state index contributed by atoms with van der Waals surface area (Å²) in [5.74, 6) is 0.175. The predicted octanol–water partition coefficient (Wildman–Crippen LogP) is 1.44. The molecule has 1 amide bonds. The second-order valence-corrected chi connectivity index (χ2v) is 6.53. The maximum Gasteiger partial charge on any atom is 0.257 e. The molecule has 1 saturated heterocycles. The highest BCUT2D eigenvalue weighted by Crippen LogP contribution is 2.26. The zero-order valence-electron chi connectivity index (χ0n) is 14.0. The van der Waals surface area contributed by atoms with Gasteiger partial charge in [-0.3, -0.25) is 19.3 Å². The van der Waals surface area contributed by atoms with Gasteiger partial charge in [0.2, 0.25) is 5.91 Å². The van der Waals surface area contributed by atoms with Crippen LogP contribution in [-0.4, -0.2) is 43.6 Å². The van der Waals surface area contributed by atoms with Gasteiger partial charge in [-0.25, -0.2) is 0 Å². The Morgan fingerprint density at radius 2 is 2.32 bits per heavy atom. The molecule has 3 aromatic heterocycles. The smallest absolute Gasteiger partial charge is 0.257 e. The van der Waals surface area contributed by atoms with E-state index in [0.29, 0.717) is 24.0 Å². The lowest BCUT2D eigenvalue weighted by Crippen LogP contribution is -2.32. The molecule has 0 aliphatic carbocycles. The zero-order chi connectivity index (χ0) is 17.4. The van der Waals surface area contributed by atoms with Crippen LogP contribution in [0, 0.1) is 6.92 Å². The number of fused-ring (bicyclic) bond motifs is 1. The summed E-state index contributed by atoms with van der Waals surface area (Å²) in [7, 11) is 0. The fourth-order valence-electron chi connectivity index (χ4n) is 3.36. The third-order valence-electron chi connectivity index (χ3n) is 4.67. The van der Waals surface area contributed by atoms with Crippen molar-refractivity contribution in [1.29, 1.82) is 0 Å². The quantitative estimate of drug-likeness (QED) is 0.784. The summed E-state index contributed by atoms with van der Waals surface area (Å²) in [5.41, 5.74) is 2.45. The van der Waals surface area contributed by atoms with Crippen LogP contribution in [0.1, 0.15) is 23.6 Å². The monoisotopic (exact) mass is 337 g/mol. The first-order valence-corrected chi connectivity index (χ1v) is 8.35. The minimum atomic E-state index is -0.127. The van der Waals surface area contributed by atoms with Crippen LogP contribution < -0.4 is 5.56 Å². The lowest BCUT2D eigenvalue weighted by molar-refractivity contribution is -0.131. The molecule has 0 aromatic carbocycles. The Balaban J connectivity index is 1.50. The summed E-state index contributed by atoms with van der Waals surface area (Å²) in [6, 6.07) is 5.44. The van der Waals surface area contributed by atoms with Gasteiger partial charge in [-0.2, -0.15) is 5.10 Å². The summed E-state index contributed by atoms with van der Waals surface area (Å²) in [6.07, 6.45) is 6.12. The van der Waals surface area contributed by atoms with Gasteiger partial charge in [-0.15, -0.1) is 0 Å². The molecule has 1 aliphatic rings. The number of hydrogen-bond acceptors (Lipinski definition) is 4. The van der Waals surface area contributed by atoms with Crippen molar-refractivity contribution in [2.24, 2.45) is 0 Å². The number of aromatic nitrogens is 4. The Kier molecular flexibility index (Phi) is 3.83. The van der Waals surface area contributed by atoms with Gasteiger partial charge in [0.25, 0.3) is 5.56 Å². The van der Waals surface area contributed by atoms with Gasteiger partial charge in [0.15, 0.2) is 0 Å². The summed E-state index contributed by atoms with van der Waals surface area (Å²) < 4.78 is 1.66. The van der Waals surface area contributed by atoms with E-state index in [-0.39, 0.29) is 23.9 Å². The molecule has 0 spiro atoms. The minimum absolute atomic E-state index is 0.0480. The van der Waals surface area contributed by atoms with Crippen LogP contribution >= 0.6 is 0 Å². The van der Waals surface area contributed by atoms with Gasteiger partial charge in [0, 0.05) is 37.1 Å². The first-order chi connectivity index (χ1) is 12.1. The number of nitrogens with zero attached hydrogens (tertiary/aromatic N) is 4. The van der Waals surface area contributed by atoms with Gasteiger partial charge in [0.1, 0.15) is 6.54 Å². The zero-order valence-corrected chi connectivity index (χ0v) is 14.0. The topological polar surface area (TPSA) is 83.9 Å². The van der Waals surface area contributed by atoms with E-state index in [1.165, 1.54) is 0 Å². The van der Waals surface area contributed by atoms with Crippen molar-refractivity contribution in [2.45, 2.75) is 25.8 Å². The number of nitrogens with one attached hydrogen (secondary N) is 1. The molecule has 1 fully saturated rings. The predicted molar refractivity (Wildman–Crippen MR) is 93.3 cm³/mol. The fourth-order valence-corrected chi connectivity index (χ4v) is 3.36. The van der Waals surface area contributed by atoms with Crippen molar-refractivity contribution in [3.8, 4) is 0 Å². The molecule has 1 atom stereocenters. The molecule has 25 heavy (non-hydrogen) atoms. The van der Waals surface area contributed by atoms with E-state index in [1.54, 1.807) is 29.2 Å². The van der Waals surface area contributed by atoms with Crippen molar-refractivity contribution < 1.29 is 4.79 Å². The number of hydrogen-bond donors (Lipinski definition) is 1. The third-order valence-corrected chi connectivity index (χ3v) is 4.67. The molecule has 1 aliphatic heterocycles. The number of pyridine rings is 2. The molecule has 1 N–H and O–H groups in total. The van der Waals surface area contributed by atoms with E-state index in [1.807, 2.05) is 24.1 Å². The first-order valence-electron chi connectivity index (χ1n) is 8.35. The minimum Gasteiger partial charge on any atom is -0.340 e. The third kappa shape index (κ3) is 3.05. The molecule has 4 heterocycles. The van der Waals surface area contributed by atoms with Gasteiger partial charge >= 0.3 is 0 Å². The molecular formula is C18H19N5O2. The Morgan fingerprint density at radius 3 is 3.12 bits per heavy atom. The van der Waals surface area contributed by atoms with Crippen LogP contribution in [0.2, 0.25) is 0 Å². The van der Waals surface area contributed by atoms with E-state index < -0.39 is 0 Å². The van der Waals surface area contributed by atoms with E-state index in [9.17, 15) is 9.59 Å². The lowest BCUT2D eigenvalue weighted by Gasteiger charge is -2.16. The van der Waals surface area contributed by atoms with Gasteiger partial charge in [-0.05, 0) is 37.1 Å². The molecule has 4 rings (SSSR count). The molecule has 0 bridgehead atoms. The van der Waals surface area contributed by atoms with E-state index >= 15 is 0 Å². The van der Waals surface area contributed by atoms with Crippen molar-refractivity contribution >= 4 is 16.8 Å². The molecular weight excluding hydrogens is 318 g/mol. The SMILES string of the molecule is Cc1cnn(CC(=O)N2CC[C@@H](c3cc4ncccc4c(=O)[nH]3)C2)c1. The van der Waals surface area contributed by atoms with Gasteiger partial charge in [0.05, 0.1) is 17.1 Å². The van der Waals surface area contributed by atoms with Crippen LogP contribution in [0.15, 0.2) is 41.6 Å².